The topological polar surface area (TPSA) is 27.7 Å². The van der Waals surface area contributed by atoms with Gasteiger partial charge in [-0.15, -0.1) is 12.3 Å². The Morgan fingerprint density at radius 3 is 2.11 bits per heavy atom. The Labute approximate surface area is 209 Å². The van der Waals surface area contributed by atoms with E-state index < -0.39 is 5.79 Å². The zero-order valence-electron chi connectivity index (χ0n) is 20.6. The first-order chi connectivity index (χ1) is 17.0. The summed E-state index contributed by atoms with van der Waals surface area (Å²) in [5, 5.41) is 6.06. The van der Waals surface area contributed by atoms with Crippen LogP contribution in [0.4, 0.5) is 0 Å². The smallest absolute Gasteiger partial charge is 0.180 e. The van der Waals surface area contributed by atoms with Crippen molar-refractivity contribution in [3.05, 3.63) is 72.8 Å². The van der Waals surface area contributed by atoms with Crippen LogP contribution in [0.15, 0.2) is 72.8 Å². The number of terminal acetylenes is 1. The van der Waals surface area contributed by atoms with E-state index in [2.05, 4.69) is 92.6 Å². The summed E-state index contributed by atoms with van der Waals surface area (Å²) in [4.78, 5) is 0. The molecule has 0 spiro atoms. The van der Waals surface area contributed by atoms with Gasteiger partial charge in [-0.1, -0.05) is 89.2 Å². The summed E-state index contributed by atoms with van der Waals surface area (Å²) in [6, 6.07) is 25.9. The molecule has 4 heteroatoms. The van der Waals surface area contributed by atoms with Gasteiger partial charge in [0.2, 0.25) is 0 Å². The molecule has 4 aromatic rings. The number of methoxy groups -OCH3 is 1. The minimum Gasteiger partial charge on any atom is -0.496 e. The third-order valence-electron chi connectivity index (χ3n) is 6.66. The van der Waals surface area contributed by atoms with E-state index in [9.17, 15) is 0 Å². The molecular weight excluding hydrogens is 451 g/mol. The van der Waals surface area contributed by atoms with Crippen LogP contribution in [0.25, 0.3) is 32.7 Å². The van der Waals surface area contributed by atoms with Crippen LogP contribution in [-0.2, 0) is 9.47 Å². The van der Waals surface area contributed by atoms with Gasteiger partial charge in [-0.25, -0.2) is 0 Å². The Bertz CT molecular complexity index is 1410. The monoisotopic (exact) mass is 482 g/mol. The molecule has 0 bridgehead atoms. The van der Waals surface area contributed by atoms with Crippen LogP contribution < -0.4 is 10.0 Å². The molecular formula is C31H31O3P. The third kappa shape index (κ3) is 4.67. The molecule has 0 saturated carbocycles. The highest BCUT2D eigenvalue weighted by molar-refractivity contribution is 7.49. The van der Waals surface area contributed by atoms with Gasteiger partial charge in [0.25, 0.3) is 0 Å². The molecule has 1 aliphatic heterocycles. The SMILES string of the molecule is C#CCC1(CC(C)(C)Pc2ccc3ccccc3c2-c2c(OC)ccc3ccccc23)OCCO1. The molecule has 35 heavy (non-hydrogen) atoms. The highest BCUT2D eigenvalue weighted by atomic mass is 31.1. The molecule has 0 N–H and O–H groups in total. The molecule has 4 aromatic carbocycles. The Morgan fingerprint density at radius 1 is 0.886 bits per heavy atom. The number of benzene rings is 4. The first-order valence-corrected chi connectivity index (χ1v) is 13.0. The Morgan fingerprint density at radius 2 is 1.49 bits per heavy atom. The van der Waals surface area contributed by atoms with Crippen molar-refractivity contribution in [2.24, 2.45) is 0 Å². The van der Waals surface area contributed by atoms with E-state index in [1.165, 1.54) is 32.4 Å². The van der Waals surface area contributed by atoms with Gasteiger partial charge in [-0.2, -0.15) is 0 Å². The molecule has 5 rings (SSSR count). The maximum absolute atomic E-state index is 6.05. The lowest BCUT2D eigenvalue weighted by Gasteiger charge is -2.35. The fourth-order valence-corrected chi connectivity index (χ4v) is 6.96. The molecule has 1 atom stereocenters. The average Bonchev–Trinajstić information content (AvgIpc) is 3.30. The van der Waals surface area contributed by atoms with Gasteiger partial charge in [0.15, 0.2) is 5.79 Å². The van der Waals surface area contributed by atoms with Crippen molar-refractivity contribution in [1.29, 1.82) is 0 Å². The van der Waals surface area contributed by atoms with Gasteiger partial charge in [-0.05, 0) is 38.1 Å². The second kappa shape index (κ2) is 9.63. The van der Waals surface area contributed by atoms with Gasteiger partial charge >= 0.3 is 0 Å². The lowest BCUT2D eigenvalue weighted by atomic mass is 9.93. The molecule has 3 nitrogen and oxygen atoms in total. The first-order valence-electron chi connectivity index (χ1n) is 12.0. The summed E-state index contributed by atoms with van der Waals surface area (Å²) >= 11 is 0. The molecule has 1 aliphatic rings. The lowest BCUT2D eigenvalue weighted by molar-refractivity contribution is -0.161. The zero-order chi connectivity index (χ0) is 24.5. The van der Waals surface area contributed by atoms with Gasteiger partial charge in [0.1, 0.15) is 5.75 Å². The van der Waals surface area contributed by atoms with E-state index in [-0.39, 0.29) is 5.16 Å². The second-order valence-corrected chi connectivity index (χ2v) is 11.9. The molecule has 1 saturated heterocycles. The predicted octanol–water partition coefficient (Wildman–Crippen LogP) is 6.91. The minimum absolute atomic E-state index is 0.0871. The number of ether oxygens (including phenoxy) is 3. The highest BCUT2D eigenvalue weighted by Gasteiger charge is 2.41. The van der Waals surface area contributed by atoms with Crippen molar-refractivity contribution < 1.29 is 14.2 Å². The van der Waals surface area contributed by atoms with E-state index in [4.69, 9.17) is 20.6 Å². The van der Waals surface area contributed by atoms with Crippen LogP contribution in [-0.4, -0.2) is 31.3 Å². The fourth-order valence-electron chi connectivity index (χ4n) is 5.33. The third-order valence-corrected chi connectivity index (χ3v) is 8.20. The van der Waals surface area contributed by atoms with Crippen LogP contribution in [0.3, 0.4) is 0 Å². The van der Waals surface area contributed by atoms with Crippen LogP contribution in [0.2, 0.25) is 0 Å². The molecule has 0 aromatic heterocycles. The van der Waals surface area contributed by atoms with Gasteiger partial charge in [0, 0.05) is 17.5 Å². The normalized spacial score (nSPS) is 15.7. The Kier molecular flexibility index (Phi) is 6.56. The summed E-state index contributed by atoms with van der Waals surface area (Å²) in [6.07, 6.45) is 6.89. The van der Waals surface area contributed by atoms with E-state index in [0.29, 0.717) is 28.2 Å². The van der Waals surface area contributed by atoms with Gasteiger partial charge < -0.3 is 14.2 Å². The number of hydrogen-bond donors (Lipinski definition) is 0. The highest BCUT2D eigenvalue weighted by Crippen LogP contribution is 2.47. The van der Waals surface area contributed by atoms with Crippen molar-refractivity contribution >= 4 is 35.4 Å². The molecule has 0 aliphatic carbocycles. The molecule has 0 amide bonds. The standard InChI is InChI=1S/C31H31O3P/c1-5-18-31(33-19-20-34-31)21-30(2,3)35-27-17-15-23-11-7-9-13-25(23)29(27)28-24-12-8-6-10-22(24)14-16-26(28)32-4/h1,6-17,35H,18-21H2,2-4H3. The van der Waals surface area contributed by atoms with E-state index in [1.54, 1.807) is 7.11 Å². The van der Waals surface area contributed by atoms with E-state index >= 15 is 0 Å². The summed E-state index contributed by atoms with van der Waals surface area (Å²) in [6.45, 7) is 5.76. The molecule has 1 heterocycles. The lowest BCUT2D eigenvalue weighted by Crippen LogP contribution is -2.37. The molecule has 178 valence electrons. The first kappa shape index (κ1) is 23.8. The predicted molar refractivity (Wildman–Crippen MR) is 148 cm³/mol. The summed E-state index contributed by atoms with van der Waals surface area (Å²) in [7, 11) is 2.27. The van der Waals surface area contributed by atoms with Crippen molar-refractivity contribution in [2.45, 2.75) is 37.6 Å². The number of rotatable bonds is 7. The zero-order valence-corrected chi connectivity index (χ0v) is 21.6. The Balaban J connectivity index is 1.68. The van der Waals surface area contributed by atoms with E-state index in [1.807, 2.05) is 0 Å². The van der Waals surface area contributed by atoms with Gasteiger partial charge in [-0.3, -0.25) is 0 Å². The van der Waals surface area contributed by atoms with Crippen molar-refractivity contribution in [3.63, 3.8) is 0 Å². The van der Waals surface area contributed by atoms with Crippen LogP contribution in [0, 0.1) is 12.3 Å². The summed E-state index contributed by atoms with van der Waals surface area (Å²) in [5.74, 6) is 2.96. The fraction of sp³-hybridized carbons (Fsp3) is 0.290. The molecule has 1 fully saturated rings. The number of fused-ring (bicyclic) bond motifs is 2. The van der Waals surface area contributed by atoms with Crippen LogP contribution in [0.1, 0.15) is 26.7 Å². The average molecular weight is 483 g/mol. The maximum atomic E-state index is 6.05. The van der Waals surface area contributed by atoms with Crippen molar-refractivity contribution in [1.82, 2.24) is 0 Å². The van der Waals surface area contributed by atoms with Crippen molar-refractivity contribution in [2.75, 3.05) is 20.3 Å². The summed E-state index contributed by atoms with van der Waals surface area (Å²) < 4.78 is 18.0. The quantitative estimate of drug-likeness (QED) is 0.212. The van der Waals surface area contributed by atoms with Crippen LogP contribution in [0.5, 0.6) is 5.75 Å². The Hall–Kier alpha value is -2.89. The van der Waals surface area contributed by atoms with Crippen molar-refractivity contribution in [3.8, 4) is 29.2 Å². The molecule has 1 unspecified atom stereocenters. The number of hydrogen-bond acceptors (Lipinski definition) is 3. The van der Waals surface area contributed by atoms with Crippen LogP contribution >= 0.6 is 8.58 Å². The van der Waals surface area contributed by atoms with E-state index in [0.717, 1.165) is 17.7 Å². The largest absolute Gasteiger partial charge is 0.496 e. The second-order valence-electron chi connectivity index (χ2n) is 9.75. The minimum atomic E-state index is -0.695. The summed E-state index contributed by atoms with van der Waals surface area (Å²) in [5.41, 5.74) is 2.38. The maximum Gasteiger partial charge on any atom is 0.180 e. The van der Waals surface area contributed by atoms with Gasteiger partial charge in [0.05, 0.1) is 26.7 Å². The molecule has 0 radical (unpaired) electrons.